The highest BCUT2D eigenvalue weighted by molar-refractivity contribution is 6.17. The Balaban J connectivity index is 2.98. The number of hydrogen-bond acceptors (Lipinski definition) is 3. The Hall–Kier alpha value is -1.22. The summed E-state index contributed by atoms with van der Waals surface area (Å²) < 4.78 is 10.2. The van der Waals surface area contributed by atoms with Gasteiger partial charge in [0, 0.05) is 11.4 Å². The Morgan fingerprint density at radius 1 is 1.35 bits per heavy atom. The number of rotatable bonds is 5. The molecule has 0 saturated heterocycles. The van der Waals surface area contributed by atoms with E-state index >= 15 is 0 Å². The van der Waals surface area contributed by atoms with Crippen molar-refractivity contribution in [3.8, 4) is 5.75 Å². The summed E-state index contributed by atoms with van der Waals surface area (Å²) in [5.74, 6) is 0.866. The molecule has 1 aromatic rings. The lowest BCUT2D eigenvalue weighted by Gasteiger charge is -2.12. The SMILES string of the molecule is CCOC(=O)Cc1cc(C)c(CCl)cc1OC. The molecule has 3 nitrogen and oxygen atoms in total. The van der Waals surface area contributed by atoms with Crippen LogP contribution in [0.15, 0.2) is 12.1 Å². The largest absolute Gasteiger partial charge is 0.496 e. The van der Waals surface area contributed by atoms with Crippen LogP contribution in [-0.2, 0) is 21.8 Å². The highest BCUT2D eigenvalue weighted by Crippen LogP contribution is 2.25. The number of alkyl halides is 1. The van der Waals surface area contributed by atoms with Gasteiger partial charge in [-0.05, 0) is 31.0 Å². The van der Waals surface area contributed by atoms with E-state index in [2.05, 4.69) is 0 Å². The van der Waals surface area contributed by atoms with Gasteiger partial charge in [0.2, 0.25) is 0 Å². The van der Waals surface area contributed by atoms with Gasteiger partial charge < -0.3 is 9.47 Å². The van der Waals surface area contributed by atoms with Crippen molar-refractivity contribution in [2.75, 3.05) is 13.7 Å². The number of halogens is 1. The van der Waals surface area contributed by atoms with E-state index in [0.717, 1.165) is 16.7 Å². The minimum absolute atomic E-state index is 0.223. The normalized spacial score (nSPS) is 10.1. The van der Waals surface area contributed by atoms with Crippen molar-refractivity contribution in [2.45, 2.75) is 26.1 Å². The molecule has 4 heteroatoms. The molecule has 1 aromatic carbocycles. The van der Waals surface area contributed by atoms with E-state index < -0.39 is 0 Å². The molecular formula is C13H17ClO3. The Labute approximate surface area is 107 Å². The summed E-state index contributed by atoms with van der Waals surface area (Å²) in [5.41, 5.74) is 2.90. The van der Waals surface area contributed by atoms with Gasteiger partial charge in [0.15, 0.2) is 0 Å². The second-order valence-corrected chi connectivity index (χ2v) is 3.97. The summed E-state index contributed by atoms with van der Waals surface area (Å²) in [6.07, 6.45) is 0.223. The van der Waals surface area contributed by atoms with E-state index in [-0.39, 0.29) is 12.4 Å². The first-order valence-corrected chi connectivity index (χ1v) is 6.03. The lowest BCUT2D eigenvalue weighted by Crippen LogP contribution is -2.09. The molecule has 0 spiro atoms. The summed E-state index contributed by atoms with van der Waals surface area (Å²) in [7, 11) is 1.58. The molecule has 0 aliphatic heterocycles. The number of aryl methyl sites for hydroxylation is 1. The third kappa shape index (κ3) is 3.63. The summed E-state index contributed by atoms with van der Waals surface area (Å²) in [6, 6.07) is 3.80. The van der Waals surface area contributed by atoms with Crippen molar-refractivity contribution in [1.29, 1.82) is 0 Å². The van der Waals surface area contributed by atoms with Crippen LogP contribution in [-0.4, -0.2) is 19.7 Å². The molecule has 0 N–H and O–H groups in total. The van der Waals surface area contributed by atoms with Gasteiger partial charge in [-0.15, -0.1) is 11.6 Å². The number of ether oxygens (including phenoxy) is 2. The molecule has 17 heavy (non-hydrogen) atoms. The van der Waals surface area contributed by atoms with Crippen molar-refractivity contribution < 1.29 is 14.3 Å². The average Bonchev–Trinajstić information content (AvgIpc) is 2.29. The number of carbonyl (C=O) groups excluding carboxylic acids is 1. The molecule has 1 rings (SSSR count). The summed E-state index contributed by atoms with van der Waals surface area (Å²) in [6.45, 7) is 4.14. The van der Waals surface area contributed by atoms with E-state index in [1.807, 2.05) is 19.1 Å². The third-order valence-corrected chi connectivity index (χ3v) is 2.81. The standard InChI is InChI=1S/C13H17ClO3/c1-4-17-13(15)7-10-5-9(2)11(8-14)6-12(10)16-3/h5-6H,4,7-8H2,1-3H3. The molecule has 0 aromatic heterocycles. The van der Waals surface area contributed by atoms with Crippen molar-refractivity contribution in [3.05, 3.63) is 28.8 Å². The molecule has 0 heterocycles. The van der Waals surface area contributed by atoms with Crippen LogP contribution >= 0.6 is 11.6 Å². The first kappa shape index (κ1) is 13.8. The average molecular weight is 257 g/mol. The van der Waals surface area contributed by atoms with Gasteiger partial charge in [-0.25, -0.2) is 0 Å². The molecule has 0 radical (unpaired) electrons. The van der Waals surface area contributed by atoms with E-state index in [0.29, 0.717) is 18.2 Å². The Morgan fingerprint density at radius 3 is 2.59 bits per heavy atom. The Kier molecular flexibility index (Phi) is 5.29. The number of hydrogen-bond donors (Lipinski definition) is 0. The van der Waals surface area contributed by atoms with Crippen LogP contribution in [0.3, 0.4) is 0 Å². The minimum Gasteiger partial charge on any atom is -0.496 e. The summed E-state index contributed by atoms with van der Waals surface area (Å²) >= 11 is 5.82. The number of esters is 1. The van der Waals surface area contributed by atoms with E-state index in [1.54, 1.807) is 14.0 Å². The summed E-state index contributed by atoms with van der Waals surface area (Å²) in [4.78, 5) is 11.4. The molecule has 0 aliphatic carbocycles. The van der Waals surface area contributed by atoms with Crippen molar-refractivity contribution in [3.63, 3.8) is 0 Å². The van der Waals surface area contributed by atoms with Crippen LogP contribution < -0.4 is 4.74 Å². The van der Waals surface area contributed by atoms with Crippen molar-refractivity contribution in [1.82, 2.24) is 0 Å². The zero-order chi connectivity index (χ0) is 12.8. The second-order valence-electron chi connectivity index (χ2n) is 3.71. The van der Waals surface area contributed by atoms with Gasteiger partial charge in [-0.2, -0.15) is 0 Å². The van der Waals surface area contributed by atoms with E-state index in [1.165, 1.54) is 0 Å². The zero-order valence-corrected chi connectivity index (χ0v) is 11.1. The molecule has 0 unspecified atom stereocenters. The predicted molar refractivity (Wildman–Crippen MR) is 67.6 cm³/mol. The molecule has 0 atom stereocenters. The van der Waals surface area contributed by atoms with Crippen LogP contribution in [0.1, 0.15) is 23.6 Å². The molecule has 0 bridgehead atoms. The van der Waals surface area contributed by atoms with Gasteiger partial charge in [0.1, 0.15) is 5.75 Å². The van der Waals surface area contributed by atoms with Crippen LogP contribution in [0, 0.1) is 6.92 Å². The molecule has 0 saturated carbocycles. The van der Waals surface area contributed by atoms with Crippen LogP contribution in [0.5, 0.6) is 5.75 Å². The van der Waals surface area contributed by atoms with Gasteiger partial charge in [-0.1, -0.05) is 6.07 Å². The molecular weight excluding hydrogens is 240 g/mol. The quantitative estimate of drug-likeness (QED) is 0.600. The zero-order valence-electron chi connectivity index (χ0n) is 10.4. The van der Waals surface area contributed by atoms with Crippen molar-refractivity contribution >= 4 is 17.6 Å². The first-order chi connectivity index (χ1) is 8.12. The van der Waals surface area contributed by atoms with Gasteiger partial charge >= 0.3 is 5.97 Å². The highest BCUT2D eigenvalue weighted by atomic mass is 35.5. The maximum atomic E-state index is 11.4. The molecule has 94 valence electrons. The van der Waals surface area contributed by atoms with Gasteiger partial charge in [0.05, 0.1) is 20.1 Å². The maximum Gasteiger partial charge on any atom is 0.310 e. The number of methoxy groups -OCH3 is 1. The van der Waals surface area contributed by atoms with Crippen LogP contribution in [0.2, 0.25) is 0 Å². The predicted octanol–water partition coefficient (Wildman–Crippen LogP) is 2.85. The second kappa shape index (κ2) is 6.50. The topological polar surface area (TPSA) is 35.5 Å². The van der Waals surface area contributed by atoms with Crippen LogP contribution in [0.4, 0.5) is 0 Å². The van der Waals surface area contributed by atoms with E-state index in [4.69, 9.17) is 21.1 Å². The van der Waals surface area contributed by atoms with Gasteiger partial charge in [-0.3, -0.25) is 4.79 Å². The highest BCUT2D eigenvalue weighted by Gasteiger charge is 2.12. The molecule has 0 fully saturated rings. The first-order valence-electron chi connectivity index (χ1n) is 5.50. The van der Waals surface area contributed by atoms with Crippen molar-refractivity contribution in [2.24, 2.45) is 0 Å². The fourth-order valence-electron chi connectivity index (χ4n) is 1.63. The number of benzene rings is 1. The van der Waals surface area contributed by atoms with Gasteiger partial charge in [0.25, 0.3) is 0 Å². The Bertz CT molecular complexity index is 402. The number of carbonyl (C=O) groups is 1. The summed E-state index contributed by atoms with van der Waals surface area (Å²) in [5, 5.41) is 0. The van der Waals surface area contributed by atoms with Crippen LogP contribution in [0.25, 0.3) is 0 Å². The minimum atomic E-state index is -0.246. The smallest absolute Gasteiger partial charge is 0.310 e. The maximum absolute atomic E-state index is 11.4. The molecule has 0 aliphatic rings. The third-order valence-electron chi connectivity index (χ3n) is 2.52. The lowest BCUT2D eigenvalue weighted by atomic mass is 10.0. The fraction of sp³-hybridized carbons (Fsp3) is 0.462. The lowest BCUT2D eigenvalue weighted by molar-refractivity contribution is -0.142. The van der Waals surface area contributed by atoms with E-state index in [9.17, 15) is 4.79 Å². The molecule has 0 amide bonds. The Morgan fingerprint density at radius 2 is 2.06 bits per heavy atom. The fourth-order valence-corrected chi connectivity index (χ4v) is 1.92. The monoisotopic (exact) mass is 256 g/mol.